The van der Waals surface area contributed by atoms with E-state index in [-0.39, 0.29) is 56.3 Å². The lowest BCUT2D eigenvalue weighted by molar-refractivity contribution is -0.142. The number of amides is 6. The topological polar surface area (TPSA) is 321 Å². The lowest BCUT2D eigenvalue weighted by Crippen LogP contribution is -2.57. The Morgan fingerprint density at radius 2 is 1.18 bits per heavy atom. The quantitative estimate of drug-likeness (QED) is 0.0253. The van der Waals surface area contributed by atoms with Gasteiger partial charge >= 0.3 is 18.2 Å². The minimum Gasteiger partial charge on any atom is -0.480 e. The number of benzene rings is 2. The highest BCUT2D eigenvalue weighted by Crippen LogP contribution is 2.17. The van der Waals surface area contributed by atoms with E-state index in [1.807, 2.05) is 13.8 Å². The lowest BCUT2D eigenvalue weighted by atomic mass is 10.0. The first-order chi connectivity index (χ1) is 30.7. The molecular weight excluding hydrogens is 859 g/mol. The Balaban J connectivity index is 2.17. The summed E-state index contributed by atoms with van der Waals surface area (Å²) in [5, 5.41) is 25.0. The Morgan fingerprint density at radius 3 is 1.73 bits per heavy atom. The first kappa shape index (κ1) is 55.2. The summed E-state index contributed by atoms with van der Waals surface area (Å²) in [4.78, 5) is 108. The van der Waals surface area contributed by atoms with Crippen LogP contribution in [0, 0.1) is 5.92 Å². The molecule has 2 aromatic carbocycles. The number of carboxylic acid groups (broad SMARTS) is 1. The Hall–Kier alpha value is -6.93. The molecule has 21 heteroatoms. The zero-order valence-electron chi connectivity index (χ0n) is 39.1. The summed E-state index contributed by atoms with van der Waals surface area (Å²) in [7, 11) is 0. The van der Waals surface area contributed by atoms with Crippen molar-refractivity contribution in [2.24, 2.45) is 22.4 Å². The maximum absolute atomic E-state index is 13.8. The normalized spacial score (nSPS) is 13.5. The number of aliphatic imine (C=N–C) groups is 1. The van der Waals surface area contributed by atoms with Crippen LogP contribution < -0.4 is 48.1 Å². The molecular formula is C45H67N9O12. The molecule has 6 amide bonds. The van der Waals surface area contributed by atoms with Crippen LogP contribution in [0.2, 0.25) is 0 Å². The number of carbonyl (C=O) groups excluding carboxylic acids is 7. The van der Waals surface area contributed by atoms with E-state index in [0.29, 0.717) is 11.1 Å². The predicted octanol–water partition coefficient (Wildman–Crippen LogP) is 1.94. The van der Waals surface area contributed by atoms with E-state index in [1.54, 1.807) is 84.0 Å². The van der Waals surface area contributed by atoms with Gasteiger partial charge in [-0.25, -0.2) is 14.4 Å². The molecule has 21 nitrogen and oxygen atoms in total. The average Bonchev–Trinajstić information content (AvgIpc) is 3.19. The number of rotatable bonds is 23. The van der Waals surface area contributed by atoms with Crippen LogP contribution in [-0.4, -0.2) is 113 Å². The Labute approximate surface area is 385 Å². The van der Waals surface area contributed by atoms with Crippen molar-refractivity contribution in [1.29, 1.82) is 0 Å². The highest BCUT2D eigenvalue weighted by Gasteiger charge is 2.31. The van der Waals surface area contributed by atoms with Crippen LogP contribution in [0.15, 0.2) is 59.6 Å². The summed E-state index contributed by atoms with van der Waals surface area (Å²) in [6.45, 7) is 14.5. The maximum Gasteiger partial charge on any atom is 0.514 e. The zero-order valence-corrected chi connectivity index (χ0v) is 39.1. The van der Waals surface area contributed by atoms with Crippen molar-refractivity contribution in [3.05, 3.63) is 65.7 Å². The summed E-state index contributed by atoms with van der Waals surface area (Å²) in [5.74, 6) is -5.19. The van der Waals surface area contributed by atoms with Gasteiger partial charge in [-0.3, -0.25) is 29.0 Å². The van der Waals surface area contributed by atoms with E-state index in [4.69, 9.17) is 25.7 Å². The van der Waals surface area contributed by atoms with Crippen LogP contribution in [0.4, 0.5) is 9.59 Å². The van der Waals surface area contributed by atoms with Crippen molar-refractivity contribution in [2.45, 2.75) is 136 Å². The van der Waals surface area contributed by atoms with E-state index >= 15 is 0 Å². The molecule has 0 aliphatic heterocycles. The Morgan fingerprint density at radius 1 is 0.652 bits per heavy atom. The molecule has 0 aromatic heterocycles. The molecule has 2 rings (SSSR count). The largest absolute Gasteiger partial charge is 0.514 e. The summed E-state index contributed by atoms with van der Waals surface area (Å²) in [6, 6.07) is 8.63. The van der Waals surface area contributed by atoms with Gasteiger partial charge in [-0.05, 0) is 96.9 Å². The molecule has 0 saturated carbocycles. The highest BCUT2D eigenvalue weighted by atomic mass is 16.7. The molecule has 0 spiro atoms. The van der Waals surface area contributed by atoms with Gasteiger partial charge in [0.05, 0.1) is 6.54 Å². The Kier molecular flexibility index (Phi) is 21.9. The number of alkyl carbamates (subject to hydrolysis) is 1. The van der Waals surface area contributed by atoms with Gasteiger partial charge in [-0.15, -0.1) is 0 Å². The summed E-state index contributed by atoms with van der Waals surface area (Å²) >= 11 is 0. The average molecular weight is 926 g/mol. The number of nitrogens with one attached hydrogen (secondary N) is 6. The third-order valence-electron chi connectivity index (χ3n) is 8.97. The van der Waals surface area contributed by atoms with Gasteiger partial charge in [0.2, 0.25) is 29.5 Å². The van der Waals surface area contributed by atoms with Crippen molar-refractivity contribution in [2.75, 3.05) is 13.1 Å². The molecule has 2 aromatic rings. The van der Waals surface area contributed by atoms with E-state index in [9.17, 15) is 43.5 Å². The molecule has 0 aliphatic carbocycles. The van der Waals surface area contributed by atoms with E-state index in [2.05, 4.69) is 36.9 Å². The van der Waals surface area contributed by atoms with Gasteiger partial charge in [0, 0.05) is 19.4 Å². The molecule has 2 unspecified atom stereocenters. The van der Waals surface area contributed by atoms with E-state index in [1.165, 1.54) is 19.1 Å². The first-order valence-corrected chi connectivity index (χ1v) is 21.5. The molecule has 11 N–H and O–H groups in total. The van der Waals surface area contributed by atoms with Crippen LogP contribution in [0.1, 0.15) is 92.7 Å². The number of guanidine groups is 1. The summed E-state index contributed by atoms with van der Waals surface area (Å²) < 4.78 is 15.7. The summed E-state index contributed by atoms with van der Waals surface area (Å²) in [6.07, 6.45) is -1.49. The molecule has 0 aliphatic rings. The Bertz CT molecular complexity index is 1990. The number of carboxylic acids is 1. The lowest BCUT2D eigenvalue weighted by Gasteiger charge is -2.26. The maximum atomic E-state index is 13.8. The fraction of sp³-hybridized carbons (Fsp3) is 0.533. The van der Waals surface area contributed by atoms with Crippen LogP contribution in [0.25, 0.3) is 0 Å². The number of ether oxygens (including phenoxy) is 3. The molecule has 0 radical (unpaired) electrons. The van der Waals surface area contributed by atoms with Crippen molar-refractivity contribution < 1.29 is 57.7 Å². The van der Waals surface area contributed by atoms with Crippen molar-refractivity contribution in [1.82, 2.24) is 31.9 Å². The van der Waals surface area contributed by atoms with E-state index < -0.39 is 95.7 Å². The number of hydrogen-bond acceptors (Lipinski definition) is 12. The van der Waals surface area contributed by atoms with Crippen LogP contribution in [0.5, 0.6) is 5.75 Å². The van der Waals surface area contributed by atoms with Gasteiger partial charge in [-0.2, -0.15) is 0 Å². The predicted molar refractivity (Wildman–Crippen MR) is 244 cm³/mol. The van der Waals surface area contributed by atoms with Gasteiger partial charge in [0.1, 0.15) is 47.2 Å². The minimum absolute atomic E-state index is 0.00887. The van der Waals surface area contributed by atoms with E-state index in [0.717, 1.165) is 0 Å². The highest BCUT2D eigenvalue weighted by molar-refractivity contribution is 5.95. The van der Waals surface area contributed by atoms with Crippen molar-refractivity contribution in [3.63, 3.8) is 0 Å². The van der Waals surface area contributed by atoms with Crippen LogP contribution in [-0.2, 0) is 51.1 Å². The monoisotopic (exact) mass is 925 g/mol. The molecule has 0 saturated heterocycles. The van der Waals surface area contributed by atoms with Gasteiger partial charge < -0.3 is 62.7 Å². The zero-order chi connectivity index (χ0) is 49.8. The molecule has 66 heavy (non-hydrogen) atoms. The van der Waals surface area contributed by atoms with Gasteiger partial charge in [0.15, 0.2) is 5.96 Å². The summed E-state index contributed by atoms with van der Waals surface area (Å²) in [5.41, 5.74) is 10.2. The third kappa shape index (κ3) is 22.6. The smallest absolute Gasteiger partial charge is 0.480 e. The number of hydrogen-bond donors (Lipinski definition) is 9. The second-order valence-corrected chi connectivity index (χ2v) is 17.9. The van der Waals surface area contributed by atoms with Crippen LogP contribution in [0.3, 0.4) is 0 Å². The van der Waals surface area contributed by atoms with Crippen LogP contribution >= 0.6 is 0 Å². The second kappa shape index (κ2) is 26.1. The standard InChI is InChI=1S/C45H67N9O12/c1-26(2)22-32(38(58)52-31(40(60)61)16-13-21-48-41(46)47)53-39(59)33(23-28-14-11-10-12-15-28)51-35(55)25-49-36(56)27(3)50-37(57)34(54-42(62)65-44(4,5)6)24-29-17-19-30(20-18-29)64-43(63)66-45(7,8)9/h10-12,14-15,17-20,26-27,31-34H,13,16,21-25H2,1-9H3,(H,49,56)(H,50,57)(H,51,55)(H,52,58)(H,53,59)(H,54,62)(H,60,61)(H4,46,47,48)/t27-,31+,32+,33?,34?/m0/s1. The SMILES string of the molecule is CC(C)C[C@@H](NC(=O)C(Cc1ccccc1)NC(=O)CNC(=O)[C@H](C)NC(=O)C(Cc1ccc(OC(=O)OC(C)(C)C)cc1)NC(=O)OC(C)(C)C)C(=O)N[C@H](CCCN=C(N)N)C(=O)O. The fourth-order valence-electron chi connectivity index (χ4n) is 5.97. The number of nitrogens with two attached hydrogens (primary N) is 2. The number of aliphatic carboxylic acids is 1. The fourth-order valence-corrected chi connectivity index (χ4v) is 5.97. The molecule has 0 heterocycles. The number of nitrogens with zero attached hydrogens (tertiary/aromatic N) is 1. The van der Waals surface area contributed by atoms with Gasteiger partial charge in [-0.1, -0.05) is 56.3 Å². The van der Waals surface area contributed by atoms with Crippen molar-refractivity contribution in [3.8, 4) is 5.75 Å². The van der Waals surface area contributed by atoms with Crippen molar-refractivity contribution >= 4 is 53.7 Å². The molecule has 0 bridgehead atoms. The van der Waals surface area contributed by atoms with Gasteiger partial charge in [0.25, 0.3) is 0 Å². The number of carbonyl (C=O) groups is 8. The second-order valence-electron chi connectivity index (χ2n) is 17.9. The third-order valence-corrected chi connectivity index (χ3v) is 8.97. The first-order valence-electron chi connectivity index (χ1n) is 21.5. The molecule has 0 fully saturated rings. The minimum atomic E-state index is -1.30. The molecule has 5 atom stereocenters. The molecule has 364 valence electrons.